The summed E-state index contributed by atoms with van der Waals surface area (Å²) in [6, 6.07) is 0. The molecule has 2 aliphatic rings. The predicted octanol–water partition coefficient (Wildman–Crippen LogP) is 2.64. The number of hydrogen-bond donors (Lipinski definition) is 1. The van der Waals surface area contributed by atoms with Crippen LogP contribution in [0.25, 0.3) is 0 Å². The van der Waals surface area contributed by atoms with Gasteiger partial charge in [0.1, 0.15) is 0 Å². The van der Waals surface area contributed by atoms with Gasteiger partial charge in [0.05, 0.1) is 0 Å². The first-order chi connectivity index (χ1) is 10.1. The molecule has 1 saturated carbocycles. The molecule has 1 N–H and O–H groups in total. The summed E-state index contributed by atoms with van der Waals surface area (Å²) in [4.78, 5) is 2.59. The average Bonchev–Trinajstić information content (AvgIpc) is 2.67. The molecule has 2 rings (SSSR count). The van der Waals surface area contributed by atoms with Crippen molar-refractivity contribution in [2.24, 2.45) is 11.3 Å². The Bertz CT molecular complexity index is 315. The van der Waals surface area contributed by atoms with E-state index in [0.717, 1.165) is 37.1 Å². The van der Waals surface area contributed by atoms with Gasteiger partial charge >= 0.3 is 0 Å². The zero-order valence-corrected chi connectivity index (χ0v) is 14.8. The molecule has 0 unspecified atom stereocenters. The minimum absolute atomic E-state index is 0.463. The van der Waals surface area contributed by atoms with Crippen LogP contribution >= 0.6 is 0 Å². The molecule has 124 valence electrons. The van der Waals surface area contributed by atoms with Crippen LogP contribution in [-0.2, 0) is 10.8 Å². The summed E-state index contributed by atoms with van der Waals surface area (Å²) in [5, 5.41) is 3.73. The second-order valence-corrected chi connectivity index (χ2v) is 9.26. The quantitative estimate of drug-likeness (QED) is 0.765. The van der Waals surface area contributed by atoms with Gasteiger partial charge in [0.2, 0.25) is 0 Å². The highest BCUT2D eigenvalue weighted by Crippen LogP contribution is 2.35. The van der Waals surface area contributed by atoms with Crippen LogP contribution in [0.5, 0.6) is 0 Å². The molecule has 0 radical (unpaired) electrons. The summed E-state index contributed by atoms with van der Waals surface area (Å²) >= 11 is 0. The first-order valence-electron chi connectivity index (χ1n) is 8.88. The van der Waals surface area contributed by atoms with E-state index >= 15 is 0 Å². The van der Waals surface area contributed by atoms with E-state index in [1.165, 1.54) is 51.6 Å². The molecular formula is C17H34N2OS. The summed E-state index contributed by atoms with van der Waals surface area (Å²) < 4.78 is 11.6. The highest BCUT2D eigenvalue weighted by atomic mass is 32.2. The van der Waals surface area contributed by atoms with Gasteiger partial charge in [-0.1, -0.05) is 39.5 Å². The minimum Gasteiger partial charge on any atom is -0.316 e. The highest BCUT2D eigenvalue weighted by Gasteiger charge is 2.33. The maximum absolute atomic E-state index is 11.6. The lowest BCUT2D eigenvalue weighted by Gasteiger charge is -2.40. The zero-order chi connectivity index (χ0) is 15.1. The smallest absolute Gasteiger partial charge is 0.0363 e. The third-order valence-corrected chi connectivity index (χ3v) is 6.32. The van der Waals surface area contributed by atoms with Crippen LogP contribution < -0.4 is 5.32 Å². The Hall–Kier alpha value is 0.0700. The predicted molar refractivity (Wildman–Crippen MR) is 92.2 cm³/mol. The molecule has 1 aliphatic heterocycles. The van der Waals surface area contributed by atoms with E-state index in [1.807, 2.05) is 0 Å². The van der Waals surface area contributed by atoms with Crippen molar-refractivity contribution in [1.82, 2.24) is 10.2 Å². The van der Waals surface area contributed by atoms with Gasteiger partial charge in [-0.05, 0) is 30.7 Å². The SMILES string of the molecule is CC(C)CNCC1(CN2CCS(=O)CC2)CCCCCC1. The normalized spacial score (nSPS) is 25.1. The van der Waals surface area contributed by atoms with E-state index in [9.17, 15) is 4.21 Å². The van der Waals surface area contributed by atoms with Crippen LogP contribution in [0, 0.1) is 11.3 Å². The van der Waals surface area contributed by atoms with E-state index in [2.05, 4.69) is 24.1 Å². The van der Waals surface area contributed by atoms with E-state index < -0.39 is 10.8 Å². The summed E-state index contributed by atoms with van der Waals surface area (Å²) in [7, 11) is -0.553. The fraction of sp³-hybridized carbons (Fsp3) is 1.00. The number of nitrogens with zero attached hydrogens (tertiary/aromatic N) is 1. The Morgan fingerprint density at radius 1 is 1.10 bits per heavy atom. The van der Waals surface area contributed by atoms with Gasteiger partial charge in [-0.3, -0.25) is 4.21 Å². The molecule has 0 atom stereocenters. The Kier molecular flexibility index (Phi) is 7.17. The summed E-state index contributed by atoms with van der Waals surface area (Å²) in [5.74, 6) is 2.50. The van der Waals surface area contributed by atoms with Crippen LogP contribution in [0.2, 0.25) is 0 Å². The number of hydrogen-bond acceptors (Lipinski definition) is 3. The molecule has 21 heavy (non-hydrogen) atoms. The Labute approximate surface area is 133 Å². The van der Waals surface area contributed by atoms with Crippen molar-refractivity contribution in [3.8, 4) is 0 Å². The molecule has 0 aromatic carbocycles. The number of nitrogens with one attached hydrogen (secondary N) is 1. The fourth-order valence-electron chi connectivity index (χ4n) is 3.80. The monoisotopic (exact) mass is 314 g/mol. The molecule has 0 bridgehead atoms. The fourth-order valence-corrected chi connectivity index (χ4v) is 4.93. The van der Waals surface area contributed by atoms with Gasteiger partial charge in [-0.15, -0.1) is 0 Å². The van der Waals surface area contributed by atoms with Gasteiger partial charge in [0.15, 0.2) is 0 Å². The van der Waals surface area contributed by atoms with Crippen LogP contribution in [0.1, 0.15) is 52.4 Å². The molecule has 0 amide bonds. The lowest BCUT2D eigenvalue weighted by atomic mass is 9.79. The molecule has 1 aliphatic carbocycles. The van der Waals surface area contributed by atoms with Gasteiger partial charge in [0.25, 0.3) is 0 Å². The first kappa shape index (κ1) is 17.4. The highest BCUT2D eigenvalue weighted by molar-refractivity contribution is 7.85. The first-order valence-corrected chi connectivity index (χ1v) is 10.4. The van der Waals surface area contributed by atoms with E-state index in [1.54, 1.807) is 0 Å². The standard InChI is InChI=1S/C17H34N2OS/c1-16(2)13-18-14-17(7-5-3-4-6-8-17)15-19-9-11-21(20)12-10-19/h16,18H,3-15H2,1-2H3. The maximum Gasteiger partial charge on any atom is 0.0363 e. The third-order valence-electron chi connectivity index (χ3n) is 5.05. The third kappa shape index (κ3) is 5.99. The van der Waals surface area contributed by atoms with Crippen molar-refractivity contribution in [1.29, 1.82) is 0 Å². The summed E-state index contributed by atoms with van der Waals surface area (Å²) in [6.07, 6.45) is 8.35. The van der Waals surface area contributed by atoms with Crippen molar-refractivity contribution in [2.45, 2.75) is 52.4 Å². The molecule has 0 aromatic rings. The molecule has 3 nitrogen and oxygen atoms in total. The van der Waals surface area contributed by atoms with Crippen LogP contribution in [0.3, 0.4) is 0 Å². The van der Waals surface area contributed by atoms with E-state index in [-0.39, 0.29) is 0 Å². The molecule has 1 saturated heterocycles. The molecule has 0 aromatic heterocycles. The van der Waals surface area contributed by atoms with Crippen LogP contribution in [0.4, 0.5) is 0 Å². The largest absolute Gasteiger partial charge is 0.316 e. The summed E-state index contributed by atoms with van der Waals surface area (Å²) in [5.41, 5.74) is 0.463. The summed E-state index contributed by atoms with van der Waals surface area (Å²) in [6.45, 7) is 10.2. The van der Waals surface area contributed by atoms with E-state index in [0.29, 0.717) is 5.41 Å². The van der Waals surface area contributed by atoms with Gasteiger partial charge in [0, 0.05) is 48.5 Å². The van der Waals surface area contributed by atoms with Gasteiger partial charge in [-0.2, -0.15) is 0 Å². The van der Waals surface area contributed by atoms with Crippen LogP contribution in [0.15, 0.2) is 0 Å². The minimum atomic E-state index is -0.553. The van der Waals surface area contributed by atoms with E-state index in [4.69, 9.17) is 0 Å². The topological polar surface area (TPSA) is 32.3 Å². The van der Waals surface area contributed by atoms with Crippen molar-refractivity contribution >= 4 is 10.8 Å². The Morgan fingerprint density at radius 2 is 1.71 bits per heavy atom. The van der Waals surface area contributed by atoms with Gasteiger partial charge < -0.3 is 10.2 Å². The maximum atomic E-state index is 11.6. The number of rotatable bonds is 6. The van der Waals surface area contributed by atoms with Crippen molar-refractivity contribution < 1.29 is 4.21 Å². The molecule has 0 spiro atoms. The second kappa shape index (κ2) is 8.64. The van der Waals surface area contributed by atoms with Crippen LogP contribution in [-0.4, -0.2) is 53.3 Å². The van der Waals surface area contributed by atoms with Crippen molar-refractivity contribution in [3.05, 3.63) is 0 Å². The molecule has 2 fully saturated rings. The zero-order valence-electron chi connectivity index (χ0n) is 14.0. The molecule has 1 heterocycles. The molecule has 4 heteroatoms. The molecular weight excluding hydrogens is 280 g/mol. The van der Waals surface area contributed by atoms with Crippen molar-refractivity contribution in [2.75, 3.05) is 44.2 Å². The Balaban J connectivity index is 1.91. The Morgan fingerprint density at radius 3 is 2.29 bits per heavy atom. The lowest BCUT2D eigenvalue weighted by molar-refractivity contribution is 0.133. The average molecular weight is 315 g/mol. The lowest BCUT2D eigenvalue weighted by Crippen LogP contribution is -2.48. The van der Waals surface area contributed by atoms with Crippen molar-refractivity contribution in [3.63, 3.8) is 0 Å². The second-order valence-electron chi connectivity index (χ2n) is 7.56. The van der Waals surface area contributed by atoms with Gasteiger partial charge in [-0.25, -0.2) is 0 Å².